The van der Waals surface area contributed by atoms with E-state index >= 15 is 0 Å². The third-order valence-corrected chi connectivity index (χ3v) is 3.58. The number of Topliss-reactive ketones (excluding diaryl/α,β-unsaturated/α-hetero) is 1. The first-order chi connectivity index (χ1) is 8.25. The van der Waals surface area contributed by atoms with Crippen LogP contribution in [0.1, 0.15) is 31.4 Å². The number of ketones is 1. The highest BCUT2D eigenvalue weighted by Gasteiger charge is 2.21. The van der Waals surface area contributed by atoms with E-state index in [0.717, 1.165) is 44.3 Å². The van der Waals surface area contributed by atoms with Gasteiger partial charge >= 0.3 is 0 Å². The van der Waals surface area contributed by atoms with Gasteiger partial charge in [-0.1, -0.05) is 6.07 Å². The molecule has 0 N–H and O–H groups in total. The summed E-state index contributed by atoms with van der Waals surface area (Å²) in [5, 5.41) is 0. The molecule has 0 unspecified atom stereocenters. The number of aromatic nitrogens is 1. The Morgan fingerprint density at radius 3 is 2.76 bits per heavy atom. The molecule has 1 aliphatic rings. The summed E-state index contributed by atoms with van der Waals surface area (Å²) in [6, 6.07) is 6.62. The largest absolute Gasteiger partial charge is 0.303 e. The topological polar surface area (TPSA) is 33.2 Å². The molecule has 0 aliphatic heterocycles. The second-order valence-electron chi connectivity index (χ2n) is 4.82. The lowest BCUT2D eigenvalue weighted by Crippen LogP contribution is -2.36. The van der Waals surface area contributed by atoms with Gasteiger partial charge in [0.05, 0.1) is 0 Å². The fraction of sp³-hybridized carbons (Fsp3) is 0.571. The van der Waals surface area contributed by atoms with Crippen LogP contribution in [0.15, 0.2) is 24.4 Å². The lowest BCUT2D eigenvalue weighted by atomic mass is 9.93. The molecule has 0 spiro atoms. The van der Waals surface area contributed by atoms with Gasteiger partial charge in [-0.2, -0.15) is 0 Å². The van der Waals surface area contributed by atoms with Crippen molar-refractivity contribution in [3.8, 4) is 0 Å². The number of pyridine rings is 1. The normalized spacial score (nSPS) is 17.6. The van der Waals surface area contributed by atoms with Gasteiger partial charge in [-0.15, -0.1) is 0 Å². The molecule has 1 heterocycles. The Hall–Kier alpha value is -1.22. The zero-order valence-electron chi connectivity index (χ0n) is 10.4. The standard InChI is InChI=1S/C14H20N2O/c1-16(13-5-7-14(17)8-6-13)11-9-12-4-2-3-10-15-12/h2-4,10,13H,5-9,11H2,1H3. The molecular weight excluding hydrogens is 212 g/mol. The fourth-order valence-corrected chi connectivity index (χ4v) is 2.38. The monoisotopic (exact) mass is 232 g/mol. The predicted molar refractivity (Wildman–Crippen MR) is 67.8 cm³/mol. The van der Waals surface area contributed by atoms with Crippen LogP contribution in [0.5, 0.6) is 0 Å². The average Bonchev–Trinajstić information content (AvgIpc) is 2.38. The highest BCUT2D eigenvalue weighted by atomic mass is 16.1. The zero-order valence-corrected chi connectivity index (χ0v) is 10.4. The van der Waals surface area contributed by atoms with Crippen LogP contribution in [-0.2, 0) is 11.2 Å². The van der Waals surface area contributed by atoms with Crippen LogP contribution in [-0.4, -0.2) is 35.3 Å². The van der Waals surface area contributed by atoms with E-state index in [1.807, 2.05) is 18.3 Å². The third-order valence-electron chi connectivity index (χ3n) is 3.58. The number of hydrogen-bond acceptors (Lipinski definition) is 3. The highest BCUT2D eigenvalue weighted by Crippen LogP contribution is 2.19. The minimum Gasteiger partial charge on any atom is -0.303 e. The van der Waals surface area contributed by atoms with Gasteiger partial charge in [0, 0.05) is 43.7 Å². The van der Waals surface area contributed by atoms with Crippen LogP contribution < -0.4 is 0 Å². The van der Waals surface area contributed by atoms with Crippen LogP contribution in [0.25, 0.3) is 0 Å². The lowest BCUT2D eigenvalue weighted by Gasteiger charge is -2.30. The van der Waals surface area contributed by atoms with E-state index in [-0.39, 0.29) is 0 Å². The van der Waals surface area contributed by atoms with Gasteiger partial charge in [-0.25, -0.2) is 0 Å². The molecule has 1 aliphatic carbocycles. The van der Waals surface area contributed by atoms with Crippen molar-refractivity contribution >= 4 is 5.78 Å². The minimum atomic E-state index is 0.430. The summed E-state index contributed by atoms with van der Waals surface area (Å²) in [5.41, 5.74) is 1.14. The molecule has 3 heteroatoms. The van der Waals surface area contributed by atoms with Gasteiger partial charge in [0.1, 0.15) is 5.78 Å². The second-order valence-corrected chi connectivity index (χ2v) is 4.82. The van der Waals surface area contributed by atoms with E-state index in [2.05, 4.69) is 23.0 Å². The molecule has 1 aromatic heterocycles. The number of nitrogens with zero attached hydrogens (tertiary/aromatic N) is 2. The van der Waals surface area contributed by atoms with Gasteiger partial charge in [0.15, 0.2) is 0 Å². The summed E-state index contributed by atoms with van der Waals surface area (Å²) in [7, 11) is 2.16. The molecular formula is C14H20N2O. The van der Waals surface area contributed by atoms with E-state index in [4.69, 9.17) is 0 Å². The van der Waals surface area contributed by atoms with E-state index in [1.54, 1.807) is 0 Å². The maximum atomic E-state index is 11.2. The number of hydrogen-bond donors (Lipinski definition) is 0. The first-order valence-electron chi connectivity index (χ1n) is 6.37. The highest BCUT2D eigenvalue weighted by molar-refractivity contribution is 5.79. The molecule has 1 fully saturated rings. The molecule has 1 aromatic rings. The summed E-state index contributed by atoms with van der Waals surface area (Å²) < 4.78 is 0. The van der Waals surface area contributed by atoms with Gasteiger partial charge in [0.25, 0.3) is 0 Å². The van der Waals surface area contributed by atoms with Crippen LogP contribution in [0.2, 0.25) is 0 Å². The summed E-state index contributed by atoms with van der Waals surface area (Å²) in [6.07, 6.45) is 6.41. The number of carbonyl (C=O) groups excluding carboxylic acids is 1. The van der Waals surface area contributed by atoms with Gasteiger partial charge < -0.3 is 4.90 Å². The summed E-state index contributed by atoms with van der Waals surface area (Å²) >= 11 is 0. The van der Waals surface area contributed by atoms with Crippen molar-refractivity contribution < 1.29 is 4.79 Å². The minimum absolute atomic E-state index is 0.430. The zero-order chi connectivity index (χ0) is 12.1. The third kappa shape index (κ3) is 3.63. The Bertz CT molecular complexity index is 354. The van der Waals surface area contributed by atoms with Gasteiger partial charge in [0.2, 0.25) is 0 Å². The molecule has 17 heavy (non-hydrogen) atoms. The maximum absolute atomic E-state index is 11.2. The van der Waals surface area contributed by atoms with Crippen molar-refractivity contribution in [2.24, 2.45) is 0 Å². The van der Waals surface area contributed by atoms with Crippen LogP contribution in [0, 0.1) is 0 Å². The summed E-state index contributed by atoms with van der Waals surface area (Å²) in [6.45, 7) is 1.02. The SMILES string of the molecule is CN(CCc1ccccn1)C1CCC(=O)CC1. The van der Waals surface area contributed by atoms with Crippen molar-refractivity contribution in [2.75, 3.05) is 13.6 Å². The van der Waals surface area contributed by atoms with Crippen LogP contribution >= 0.6 is 0 Å². The molecule has 3 nitrogen and oxygen atoms in total. The first kappa shape index (κ1) is 12.2. The molecule has 1 saturated carbocycles. The van der Waals surface area contributed by atoms with Crippen LogP contribution in [0.3, 0.4) is 0 Å². The average molecular weight is 232 g/mol. The molecule has 0 saturated heterocycles. The number of likely N-dealkylation sites (N-methyl/N-ethyl adjacent to an activating group) is 1. The molecule has 0 atom stereocenters. The predicted octanol–water partition coefficient (Wildman–Crippen LogP) is 2.07. The van der Waals surface area contributed by atoms with Gasteiger partial charge in [-0.3, -0.25) is 9.78 Å². The smallest absolute Gasteiger partial charge is 0.133 e. The Balaban J connectivity index is 1.77. The maximum Gasteiger partial charge on any atom is 0.133 e. The van der Waals surface area contributed by atoms with Gasteiger partial charge in [-0.05, 0) is 32.0 Å². The van der Waals surface area contributed by atoms with E-state index in [1.165, 1.54) is 0 Å². The molecule has 0 bridgehead atoms. The number of rotatable bonds is 4. The van der Waals surface area contributed by atoms with Crippen molar-refractivity contribution in [1.29, 1.82) is 0 Å². The summed E-state index contributed by atoms with van der Waals surface area (Å²) in [5.74, 6) is 0.430. The first-order valence-corrected chi connectivity index (χ1v) is 6.37. The summed E-state index contributed by atoms with van der Waals surface area (Å²) in [4.78, 5) is 17.9. The van der Waals surface area contributed by atoms with Crippen LogP contribution in [0.4, 0.5) is 0 Å². The second kappa shape index (κ2) is 5.92. The Kier molecular flexibility index (Phi) is 4.26. The Labute approximate surface area is 103 Å². The van der Waals surface area contributed by atoms with Crippen molar-refractivity contribution in [1.82, 2.24) is 9.88 Å². The van der Waals surface area contributed by atoms with E-state index in [0.29, 0.717) is 11.8 Å². The van der Waals surface area contributed by atoms with Crippen molar-refractivity contribution in [2.45, 2.75) is 38.1 Å². The molecule has 2 rings (SSSR count). The quantitative estimate of drug-likeness (QED) is 0.796. The Morgan fingerprint density at radius 2 is 2.12 bits per heavy atom. The number of carbonyl (C=O) groups is 1. The van der Waals surface area contributed by atoms with E-state index < -0.39 is 0 Å². The molecule has 0 aromatic carbocycles. The Morgan fingerprint density at radius 1 is 1.35 bits per heavy atom. The van der Waals surface area contributed by atoms with Crippen molar-refractivity contribution in [3.63, 3.8) is 0 Å². The lowest BCUT2D eigenvalue weighted by molar-refractivity contribution is -0.121. The fourth-order valence-electron chi connectivity index (χ4n) is 2.38. The molecule has 0 amide bonds. The molecule has 0 radical (unpaired) electrons. The van der Waals surface area contributed by atoms with E-state index in [9.17, 15) is 4.79 Å². The van der Waals surface area contributed by atoms with Crippen molar-refractivity contribution in [3.05, 3.63) is 30.1 Å². The molecule has 92 valence electrons.